The third-order valence-corrected chi connectivity index (χ3v) is 4.42. The molecule has 0 fully saturated rings. The first-order chi connectivity index (χ1) is 12.2. The lowest BCUT2D eigenvalue weighted by Crippen LogP contribution is -1.85. The van der Waals surface area contributed by atoms with Gasteiger partial charge in [0.15, 0.2) is 0 Å². The number of halogens is 1. The summed E-state index contributed by atoms with van der Waals surface area (Å²) >= 11 is 0. The molecular formula is C24H13F. The standard InChI is InChI=1S/C24H13F/c1-3-16-7-11-20-21-12-8-17(4-2)14-23(21)24(22(20)13-16)15-18-5-9-19(25)10-6-18/h1-2,5-15H. The lowest BCUT2D eigenvalue weighted by molar-refractivity contribution is 0.628. The van der Waals surface area contributed by atoms with E-state index in [4.69, 9.17) is 12.8 Å². The van der Waals surface area contributed by atoms with Crippen molar-refractivity contribution in [3.05, 3.63) is 94.3 Å². The summed E-state index contributed by atoms with van der Waals surface area (Å²) in [6.07, 6.45) is 13.2. The molecule has 0 heterocycles. The molecule has 116 valence electrons. The zero-order chi connectivity index (χ0) is 17.4. The molecular weight excluding hydrogens is 307 g/mol. The number of hydrogen-bond donors (Lipinski definition) is 0. The smallest absolute Gasteiger partial charge is 0.123 e. The molecule has 1 heteroatoms. The lowest BCUT2D eigenvalue weighted by Gasteiger charge is -2.05. The highest BCUT2D eigenvalue weighted by atomic mass is 19.1. The Kier molecular flexibility index (Phi) is 3.50. The average Bonchev–Trinajstić information content (AvgIpc) is 2.95. The van der Waals surface area contributed by atoms with Gasteiger partial charge >= 0.3 is 0 Å². The van der Waals surface area contributed by atoms with Crippen molar-refractivity contribution in [3.63, 3.8) is 0 Å². The van der Waals surface area contributed by atoms with E-state index in [0.717, 1.165) is 44.5 Å². The quantitative estimate of drug-likeness (QED) is 0.414. The fourth-order valence-corrected chi connectivity index (χ4v) is 3.21. The van der Waals surface area contributed by atoms with Gasteiger partial charge < -0.3 is 0 Å². The molecule has 0 atom stereocenters. The Hall–Kier alpha value is -3.55. The summed E-state index contributed by atoms with van der Waals surface area (Å²) in [5.41, 5.74) is 8.03. The minimum atomic E-state index is -0.251. The molecule has 0 N–H and O–H groups in total. The first-order valence-corrected chi connectivity index (χ1v) is 7.89. The molecule has 4 rings (SSSR count). The molecule has 0 unspecified atom stereocenters. The molecule has 0 radical (unpaired) electrons. The number of terminal acetylenes is 2. The summed E-state index contributed by atoms with van der Waals surface area (Å²) in [5.74, 6) is 5.13. The molecule has 0 bridgehead atoms. The van der Waals surface area contributed by atoms with Crippen molar-refractivity contribution in [3.8, 4) is 35.8 Å². The third kappa shape index (κ3) is 2.53. The predicted octanol–water partition coefficient (Wildman–Crippen LogP) is 5.36. The maximum Gasteiger partial charge on any atom is 0.123 e. The molecule has 0 aliphatic heterocycles. The zero-order valence-electron chi connectivity index (χ0n) is 13.4. The Labute approximate surface area is 146 Å². The predicted molar refractivity (Wildman–Crippen MR) is 101 cm³/mol. The summed E-state index contributed by atoms with van der Waals surface area (Å²) in [4.78, 5) is 0. The largest absolute Gasteiger partial charge is 0.207 e. The van der Waals surface area contributed by atoms with Crippen LogP contribution < -0.4 is 0 Å². The highest BCUT2D eigenvalue weighted by molar-refractivity contribution is 6.07. The molecule has 25 heavy (non-hydrogen) atoms. The van der Waals surface area contributed by atoms with Crippen molar-refractivity contribution >= 4 is 11.6 Å². The van der Waals surface area contributed by atoms with Gasteiger partial charge in [-0.05, 0) is 75.9 Å². The van der Waals surface area contributed by atoms with Gasteiger partial charge in [0.05, 0.1) is 0 Å². The van der Waals surface area contributed by atoms with E-state index < -0.39 is 0 Å². The van der Waals surface area contributed by atoms with Crippen LogP contribution in [0.1, 0.15) is 27.8 Å². The van der Waals surface area contributed by atoms with Gasteiger partial charge in [-0.3, -0.25) is 0 Å². The second kappa shape index (κ2) is 5.82. The van der Waals surface area contributed by atoms with Crippen molar-refractivity contribution in [2.75, 3.05) is 0 Å². The molecule has 0 amide bonds. The van der Waals surface area contributed by atoms with Crippen LogP contribution in [0.15, 0.2) is 60.7 Å². The molecule has 0 nitrogen and oxygen atoms in total. The van der Waals surface area contributed by atoms with Crippen LogP contribution in [0.5, 0.6) is 0 Å². The summed E-state index contributed by atoms with van der Waals surface area (Å²) in [6, 6.07) is 18.4. The molecule has 3 aromatic rings. The second-order valence-corrected chi connectivity index (χ2v) is 5.92. The van der Waals surface area contributed by atoms with Crippen LogP contribution in [0.2, 0.25) is 0 Å². The van der Waals surface area contributed by atoms with E-state index in [0.29, 0.717) is 0 Å². The van der Waals surface area contributed by atoms with Gasteiger partial charge in [-0.2, -0.15) is 0 Å². The first-order valence-electron chi connectivity index (χ1n) is 7.89. The van der Waals surface area contributed by atoms with Gasteiger partial charge in [0.2, 0.25) is 0 Å². The van der Waals surface area contributed by atoms with Crippen LogP contribution in [0, 0.1) is 30.5 Å². The minimum Gasteiger partial charge on any atom is -0.207 e. The molecule has 0 saturated carbocycles. The van der Waals surface area contributed by atoms with E-state index in [1.165, 1.54) is 12.1 Å². The third-order valence-electron chi connectivity index (χ3n) is 4.42. The highest BCUT2D eigenvalue weighted by Gasteiger charge is 2.23. The lowest BCUT2D eigenvalue weighted by atomic mass is 9.99. The Morgan fingerprint density at radius 2 is 1.20 bits per heavy atom. The number of fused-ring (bicyclic) bond motifs is 3. The summed E-state index contributed by atoms with van der Waals surface area (Å²) in [7, 11) is 0. The van der Waals surface area contributed by atoms with Crippen LogP contribution >= 0.6 is 0 Å². The first kappa shape index (κ1) is 15.0. The van der Waals surface area contributed by atoms with Gasteiger partial charge in [0.1, 0.15) is 5.82 Å². The van der Waals surface area contributed by atoms with Crippen LogP contribution in [0.3, 0.4) is 0 Å². The maximum absolute atomic E-state index is 13.2. The van der Waals surface area contributed by atoms with Crippen LogP contribution in [0.25, 0.3) is 22.8 Å². The molecule has 0 aromatic heterocycles. The van der Waals surface area contributed by atoms with Crippen molar-refractivity contribution in [2.45, 2.75) is 0 Å². The Morgan fingerprint density at radius 1 is 0.680 bits per heavy atom. The monoisotopic (exact) mass is 320 g/mol. The van der Waals surface area contributed by atoms with E-state index in [1.807, 2.05) is 42.5 Å². The van der Waals surface area contributed by atoms with Gasteiger partial charge in [-0.15, -0.1) is 12.8 Å². The van der Waals surface area contributed by atoms with Gasteiger partial charge in [-0.25, -0.2) is 4.39 Å². The van der Waals surface area contributed by atoms with Crippen molar-refractivity contribution in [1.29, 1.82) is 0 Å². The zero-order valence-corrected chi connectivity index (χ0v) is 13.4. The Bertz CT molecular complexity index is 1030. The van der Waals surface area contributed by atoms with Gasteiger partial charge in [0, 0.05) is 11.1 Å². The minimum absolute atomic E-state index is 0.251. The Morgan fingerprint density at radius 3 is 1.68 bits per heavy atom. The van der Waals surface area contributed by atoms with Crippen LogP contribution in [-0.4, -0.2) is 0 Å². The second-order valence-electron chi connectivity index (χ2n) is 5.92. The molecule has 1 aliphatic carbocycles. The maximum atomic E-state index is 13.2. The number of rotatable bonds is 1. The van der Waals surface area contributed by atoms with E-state index in [9.17, 15) is 4.39 Å². The normalized spacial score (nSPS) is 11.2. The number of hydrogen-bond acceptors (Lipinski definition) is 0. The van der Waals surface area contributed by atoms with Crippen molar-refractivity contribution < 1.29 is 4.39 Å². The van der Waals surface area contributed by atoms with Crippen molar-refractivity contribution in [2.24, 2.45) is 0 Å². The molecule has 3 aromatic carbocycles. The van der Waals surface area contributed by atoms with E-state index in [1.54, 1.807) is 12.1 Å². The molecule has 0 spiro atoms. The summed E-state index contributed by atoms with van der Waals surface area (Å²) in [5, 5.41) is 0. The Balaban J connectivity index is 1.98. The van der Waals surface area contributed by atoms with Crippen molar-refractivity contribution in [1.82, 2.24) is 0 Å². The summed E-state index contributed by atoms with van der Waals surface area (Å²) < 4.78 is 13.2. The van der Waals surface area contributed by atoms with Crippen LogP contribution in [-0.2, 0) is 0 Å². The molecule has 1 aliphatic rings. The van der Waals surface area contributed by atoms with Crippen LogP contribution in [0.4, 0.5) is 4.39 Å². The molecule has 0 saturated heterocycles. The van der Waals surface area contributed by atoms with E-state index in [2.05, 4.69) is 11.8 Å². The average molecular weight is 320 g/mol. The van der Waals surface area contributed by atoms with E-state index >= 15 is 0 Å². The highest BCUT2D eigenvalue weighted by Crippen LogP contribution is 2.45. The fraction of sp³-hybridized carbons (Fsp3) is 0. The topological polar surface area (TPSA) is 0 Å². The summed E-state index contributed by atoms with van der Waals surface area (Å²) in [6.45, 7) is 0. The fourth-order valence-electron chi connectivity index (χ4n) is 3.21. The number of benzene rings is 3. The van der Waals surface area contributed by atoms with E-state index in [-0.39, 0.29) is 5.82 Å². The van der Waals surface area contributed by atoms with Gasteiger partial charge in [-0.1, -0.05) is 36.1 Å². The van der Waals surface area contributed by atoms with Gasteiger partial charge in [0.25, 0.3) is 0 Å². The SMILES string of the molecule is C#Cc1ccc2c(c1)C(=Cc1ccc(F)cc1)c1cc(C#C)ccc1-2.